The van der Waals surface area contributed by atoms with Crippen LogP contribution in [-0.4, -0.2) is 105 Å². The highest BCUT2D eigenvalue weighted by molar-refractivity contribution is 5.97. The number of nitrogens with zero attached hydrogens (tertiary/aromatic N) is 4. The fraction of sp³-hybridized carbons (Fsp3) is 0.600. The molecule has 0 unspecified atom stereocenters. The molecule has 212 valence electrons. The second-order valence-corrected chi connectivity index (χ2v) is 11.9. The molecular weight excluding hydrogens is 497 g/mol. The minimum atomic E-state index is -0.253. The molecule has 0 spiro atoms. The molecule has 1 N–H and O–H groups in total. The van der Waals surface area contributed by atoms with Crippen molar-refractivity contribution < 1.29 is 18.7 Å². The predicted molar refractivity (Wildman–Crippen MR) is 150 cm³/mol. The Labute approximate surface area is 231 Å². The number of amides is 1. The van der Waals surface area contributed by atoms with Crippen LogP contribution in [0.15, 0.2) is 36.5 Å². The lowest BCUT2D eigenvalue weighted by molar-refractivity contribution is -0.121. The molecule has 5 rings (SSSR count). The van der Waals surface area contributed by atoms with Gasteiger partial charge in [0.25, 0.3) is 0 Å². The van der Waals surface area contributed by atoms with Crippen LogP contribution >= 0.6 is 0 Å². The lowest BCUT2D eigenvalue weighted by atomic mass is 9.88. The number of carbonyl (C=O) groups excluding carboxylic acids is 1. The van der Waals surface area contributed by atoms with Gasteiger partial charge in [-0.2, -0.15) is 0 Å². The van der Waals surface area contributed by atoms with Gasteiger partial charge in [-0.25, -0.2) is 4.39 Å². The molecule has 0 radical (unpaired) electrons. The van der Waals surface area contributed by atoms with E-state index in [1.165, 1.54) is 6.07 Å². The van der Waals surface area contributed by atoms with E-state index in [2.05, 4.69) is 40.9 Å². The zero-order valence-corrected chi connectivity index (χ0v) is 23.7. The molecule has 1 aromatic carbocycles. The summed E-state index contributed by atoms with van der Waals surface area (Å²) in [6.07, 6.45) is 2.42. The van der Waals surface area contributed by atoms with E-state index in [1.807, 2.05) is 23.2 Å². The van der Waals surface area contributed by atoms with Crippen molar-refractivity contribution in [2.75, 3.05) is 71.1 Å². The Kier molecular flexibility index (Phi) is 8.63. The van der Waals surface area contributed by atoms with E-state index in [0.717, 1.165) is 55.3 Å². The van der Waals surface area contributed by atoms with Crippen LogP contribution in [0.25, 0.3) is 0 Å². The fourth-order valence-electron chi connectivity index (χ4n) is 6.18. The number of rotatable bonds is 8. The summed E-state index contributed by atoms with van der Waals surface area (Å²) >= 11 is 0. The van der Waals surface area contributed by atoms with E-state index in [9.17, 15) is 9.18 Å². The molecule has 3 aliphatic rings. The normalized spacial score (nSPS) is 25.6. The van der Waals surface area contributed by atoms with Crippen molar-refractivity contribution in [3.05, 3.63) is 59.2 Å². The summed E-state index contributed by atoms with van der Waals surface area (Å²) in [7, 11) is 1.73. The SMILES string of the molecule is COC[C@@H]1COCCN1C[C@H]1CN[C@H](C)CN1CC(=O)N1CC(C)(C)c2cnc(Cc3cccc(F)c3)cc21. The Bertz CT molecular complexity index is 1160. The van der Waals surface area contributed by atoms with Crippen LogP contribution in [0.5, 0.6) is 0 Å². The van der Waals surface area contributed by atoms with E-state index < -0.39 is 0 Å². The molecule has 1 amide bonds. The summed E-state index contributed by atoms with van der Waals surface area (Å²) < 4.78 is 24.9. The second kappa shape index (κ2) is 12.0. The number of morpholine rings is 1. The van der Waals surface area contributed by atoms with Crippen LogP contribution in [0.2, 0.25) is 0 Å². The number of ether oxygens (including phenoxy) is 2. The molecule has 0 aliphatic carbocycles. The van der Waals surface area contributed by atoms with E-state index in [-0.39, 0.29) is 29.2 Å². The van der Waals surface area contributed by atoms with Crippen molar-refractivity contribution in [2.45, 2.75) is 50.7 Å². The van der Waals surface area contributed by atoms with Gasteiger partial charge in [0.2, 0.25) is 5.91 Å². The van der Waals surface area contributed by atoms with Crippen molar-refractivity contribution in [3.8, 4) is 0 Å². The summed E-state index contributed by atoms with van der Waals surface area (Å²) in [5.41, 5.74) is 3.52. The molecule has 8 nitrogen and oxygen atoms in total. The first-order valence-electron chi connectivity index (χ1n) is 14.1. The minimum absolute atomic E-state index is 0.110. The number of anilines is 1. The third-order valence-electron chi connectivity index (χ3n) is 8.31. The first-order valence-corrected chi connectivity index (χ1v) is 14.1. The number of nitrogens with one attached hydrogen (secondary N) is 1. The maximum Gasteiger partial charge on any atom is 0.241 e. The zero-order chi connectivity index (χ0) is 27.6. The van der Waals surface area contributed by atoms with E-state index >= 15 is 0 Å². The lowest BCUT2D eigenvalue weighted by Crippen LogP contribution is -2.62. The Balaban J connectivity index is 1.32. The average molecular weight is 540 g/mol. The number of benzene rings is 1. The van der Waals surface area contributed by atoms with Gasteiger partial charge in [0.05, 0.1) is 38.1 Å². The van der Waals surface area contributed by atoms with Gasteiger partial charge in [-0.05, 0) is 30.7 Å². The number of hydrogen-bond donors (Lipinski definition) is 1. The number of pyridine rings is 1. The smallest absolute Gasteiger partial charge is 0.241 e. The molecule has 2 fully saturated rings. The Morgan fingerprint density at radius 2 is 2.10 bits per heavy atom. The van der Waals surface area contributed by atoms with Crippen molar-refractivity contribution in [3.63, 3.8) is 0 Å². The summed E-state index contributed by atoms with van der Waals surface area (Å²) in [5.74, 6) is -0.142. The van der Waals surface area contributed by atoms with Gasteiger partial charge in [0.1, 0.15) is 5.82 Å². The molecule has 4 heterocycles. The standard InChI is InChI=1S/C30H42FN5O3/c1-21-15-35(25(13-32-21)16-34-8-9-39-19-26(34)18-38-4)17-29(37)36-20-30(2,3)27-14-33-24(12-28(27)36)11-22-6-5-7-23(31)10-22/h5-7,10,12,14,21,25-26,32H,8-9,11,13,15-20H2,1-4H3/t21-,25-,26-/m1/s1. The molecule has 39 heavy (non-hydrogen) atoms. The lowest BCUT2D eigenvalue weighted by Gasteiger charge is -2.44. The number of hydrogen-bond acceptors (Lipinski definition) is 7. The molecule has 0 saturated carbocycles. The summed E-state index contributed by atoms with van der Waals surface area (Å²) in [4.78, 5) is 25.4. The largest absolute Gasteiger partial charge is 0.383 e. The topological polar surface area (TPSA) is 70.2 Å². The first-order chi connectivity index (χ1) is 18.7. The molecule has 0 bridgehead atoms. The van der Waals surface area contributed by atoms with Crippen LogP contribution < -0.4 is 10.2 Å². The minimum Gasteiger partial charge on any atom is -0.383 e. The number of fused-ring (bicyclic) bond motifs is 1. The van der Waals surface area contributed by atoms with Crippen molar-refractivity contribution in [2.24, 2.45) is 0 Å². The van der Waals surface area contributed by atoms with Gasteiger partial charge in [-0.1, -0.05) is 26.0 Å². The van der Waals surface area contributed by atoms with Crippen molar-refractivity contribution in [1.29, 1.82) is 0 Å². The van der Waals surface area contributed by atoms with E-state index in [1.54, 1.807) is 19.2 Å². The molecule has 1 aromatic heterocycles. The van der Waals surface area contributed by atoms with Crippen LogP contribution in [0, 0.1) is 5.82 Å². The Morgan fingerprint density at radius 1 is 1.26 bits per heavy atom. The van der Waals surface area contributed by atoms with Crippen LogP contribution in [0.1, 0.15) is 37.6 Å². The molecule has 2 aromatic rings. The third kappa shape index (κ3) is 6.49. The van der Waals surface area contributed by atoms with Gasteiger partial charge in [0.15, 0.2) is 0 Å². The van der Waals surface area contributed by atoms with E-state index in [4.69, 9.17) is 9.47 Å². The average Bonchev–Trinajstić information content (AvgIpc) is 3.17. The van der Waals surface area contributed by atoms with Gasteiger partial charge in [-0.3, -0.25) is 19.6 Å². The quantitative estimate of drug-likeness (QED) is 0.553. The predicted octanol–water partition coefficient (Wildman–Crippen LogP) is 2.45. The van der Waals surface area contributed by atoms with Gasteiger partial charge in [0, 0.05) is 81.2 Å². The van der Waals surface area contributed by atoms with Crippen LogP contribution in [0.4, 0.5) is 10.1 Å². The Morgan fingerprint density at radius 3 is 2.90 bits per heavy atom. The summed E-state index contributed by atoms with van der Waals surface area (Å²) in [6.45, 7) is 12.9. The van der Waals surface area contributed by atoms with Crippen LogP contribution in [-0.2, 0) is 26.1 Å². The number of carbonyl (C=O) groups is 1. The van der Waals surface area contributed by atoms with Gasteiger partial charge >= 0.3 is 0 Å². The monoisotopic (exact) mass is 539 g/mol. The zero-order valence-electron chi connectivity index (χ0n) is 23.7. The highest BCUT2D eigenvalue weighted by Crippen LogP contribution is 2.40. The first kappa shape index (κ1) is 28.1. The molecule has 2 saturated heterocycles. The molecular formula is C30H42FN5O3. The summed E-state index contributed by atoms with van der Waals surface area (Å²) in [6, 6.07) is 9.40. The number of aromatic nitrogens is 1. The maximum absolute atomic E-state index is 13.9. The molecule has 3 aliphatic heterocycles. The number of piperazine rings is 1. The molecule has 3 atom stereocenters. The highest BCUT2D eigenvalue weighted by atomic mass is 19.1. The van der Waals surface area contributed by atoms with E-state index in [0.29, 0.717) is 38.8 Å². The highest BCUT2D eigenvalue weighted by Gasteiger charge is 2.40. The molecule has 9 heteroatoms. The summed E-state index contributed by atoms with van der Waals surface area (Å²) in [5, 5.41) is 3.61. The Hall–Kier alpha value is -2.43. The van der Waals surface area contributed by atoms with Gasteiger partial charge in [-0.15, -0.1) is 0 Å². The maximum atomic E-state index is 13.9. The van der Waals surface area contributed by atoms with Crippen LogP contribution in [0.3, 0.4) is 0 Å². The third-order valence-corrected chi connectivity index (χ3v) is 8.31. The number of halogens is 1. The van der Waals surface area contributed by atoms with Crippen molar-refractivity contribution >= 4 is 11.6 Å². The second-order valence-electron chi connectivity index (χ2n) is 11.9. The van der Waals surface area contributed by atoms with Gasteiger partial charge < -0.3 is 19.7 Å². The van der Waals surface area contributed by atoms with Crippen molar-refractivity contribution in [1.82, 2.24) is 20.1 Å². The fourth-order valence-corrected chi connectivity index (χ4v) is 6.18. The number of methoxy groups -OCH3 is 1.